The van der Waals surface area contributed by atoms with E-state index >= 15 is 0 Å². The van der Waals surface area contributed by atoms with Crippen molar-refractivity contribution >= 4 is 53.5 Å². The second-order valence-corrected chi connectivity index (χ2v) is 8.38. The molecule has 3 atom stereocenters. The molecule has 0 saturated heterocycles. The summed E-state index contributed by atoms with van der Waals surface area (Å²) in [6.45, 7) is -0.0250. The third kappa shape index (κ3) is 14.7. The molecule has 17 heteroatoms. The van der Waals surface area contributed by atoms with Crippen LogP contribution in [-0.2, 0) is 33.6 Å². The average Bonchev–Trinajstić information content (AvgIpc) is 2.81. The summed E-state index contributed by atoms with van der Waals surface area (Å²) in [6.07, 6.45) is -0.472. The highest BCUT2D eigenvalue weighted by atomic mass is 16.2. The van der Waals surface area contributed by atoms with Crippen LogP contribution in [0.2, 0.25) is 0 Å². The lowest BCUT2D eigenvalue weighted by Crippen LogP contribution is -2.53. The Hall–Kier alpha value is -4.59. The minimum atomic E-state index is -1.37. The first-order valence-corrected chi connectivity index (χ1v) is 11.3. The van der Waals surface area contributed by atoms with Crippen LogP contribution in [0.1, 0.15) is 38.5 Å². The van der Waals surface area contributed by atoms with Gasteiger partial charge < -0.3 is 43.4 Å². The normalized spacial score (nSPS) is 12.5. The summed E-state index contributed by atoms with van der Waals surface area (Å²) >= 11 is 0. The fourth-order valence-electron chi connectivity index (χ4n) is 3.01. The molecule has 0 aliphatic carbocycles. The Morgan fingerprint density at radius 2 is 1.13 bits per heavy atom. The van der Waals surface area contributed by atoms with Crippen LogP contribution >= 0.6 is 0 Å². The number of primary amides is 2. The number of hydrogen-bond acceptors (Lipinski definition) is 8. The number of Topliss-reactive ketones (excluding diaryl/α,β-unsaturated/α-hetero) is 2. The molecule has 7 N–H and O–H groups in total. The van der Waals surface area contributed by atoms with Crippen molar-refractivity contribution in [2.45, 2.75) is 56.7 Å². The summed E-state index contributed by atoms with van der Waals surface area (Å²) in [6, 6.07) is -3.87. The Kier molecular flexibility index (Phi) is 15.6. The van der Waals surface area contributed by atoms with Crippen LogP contribution < -0.4 is 27.4 Å². The first-order chi connectivity index (χ1) is 17.8. The Morgan fingerprint density at radius 3 is 1.58 bits per heavy atom. The molecule has 208 valence electrons. The van der Waals surface area contributed by atoms with Gasteiger partial charge in [-0.2, -0.15) is 9.58 Å². The number of nitrogens with one attached hydrogen (secondary N) is 3. The van der Waals surface area contributed by atoms with Gasteiger partial charge in [-0.25, -0.2) is 0 Å². The molecule has 0 fully saturated rings. The van der Waals surface area contributed by atoms with Gasteiger partial charge in [0, 0.05) is 19.3 Å². The van der Waals surface area contributed by atoms with Crippen LogP contribution in [0.5, 0.6) is 0 Å². The van der Waals surface area contributed by atoms with E-state index in [-0.39, 0.29) is 45.1 Å². The number of carbonyl (C=O) groups excluding carboxylic acids is 7. The fourth-order valence-corrected chi connectivity index (χ4v) is 3.01. The topological polar surface area (TPSA) is 284 Å². The van der Waals surface area contributed by atoms with Gasteiger partial charge in [-0.05, 0) is 33.4 Å². The molecule has 0 rings (SSSR count). The number of carbonyl (C=O) groups is 7. The van der Waals surface area contributed by atoms with Crippen molar-refractivity contribution in [3.05, 3.63) is 11.1 Å². The molecule has 5 amide bonds. The molecule has 0 bridgehead atoms. The van der Waals surface area contributed by atoms with Gasteiger partial charge in [-0.1, -0.05) is 0 Å². The van der Waals surface area contributed by atoms with E-state index in [2.05, 4.69) is 25.5 Å². The van der Waals surface area contributed by atoms with E-state index in [0.29, 0.717) is 12.4 Å². The molecule has 0 radical (unpaired) electrons. The first kappa shape index (κ1) is 33.4. The second-order valence-electron chi connectivity index (χ2n) is 8.38. The maximum absolute atomic E-state index is 12.8. The third-order valence-electron chi connectivity index (χ3n) is 4.87. The highest BCUT2D eigenvalue weighted by molar-refractivity contribution is 6.25. The summed E-state index contributed by atoms with van der Waals surface area (Å²) in [4.78, 5) is 90.6. The van der Waals surface area contributed by atoms with Crippen LogP contribution in [0.15, 0.2) is 0 Å². The van der Waals surface area contributed by atoms with Crippen molar-refractivity contribution in [3.8, 4) is 0 Å². The largest absolute Gasteiger partial charge is 0.368 e. The smallest absolute Gasteiger partial charge is 0.323 e. The summed E-state index contributed by atoms with van der Waals surface area (Å²) < 4.78 is 0. The maximum Gasteiger partial charge on any atom is 0.323 e. The fraction of sp³-hybridized carbons (Fsp3) is 0.571. The molecule has 38 heavy (non-hydrogen) atoms. The lowest BCUT2D eigenvalue weighted by Gasteiger charge is -2.22. The zero-order valence-corrected chi connectivity index (χ0v) is 21.1. The molecule has 0 aliphatic heterocycles. The van der Waals surface area contributed by atoms with Crippen LogP contribution in [0.4, 0.5) is 0 Å². The van der Waals surface area contributed by atoms with Crippen LogP contribution in [0, 0.1) is 0 Å². The molecular weight excluding hydrogens is 504 g/mol. The summed E-state index contributed by atoms with van der Waals surface area (Å²) in [5.74, 6) is -5.33. The molecule has 17 nitrogen and oxygen atoms in total. The number of ketones is 2. The first-order valence-electron chi connectivity index (χ1n) is 11.3. The molecule has 0 aliphatic rings. The summed E-state index contributed by atoms with van der Waals surface area (Å²) in [7, 11) is 3.28. The highest BCUT2D eigenvalue weighted by Crippen LogP contribution is 2.05. The molecule has 0 aromatic rings. The van der Waals surface area contributed by atoms with Gasteiger partial charge in [0.05, 0.1) is 6.54 Å². The standard InChI is InChI=1S/C21H32N10O7/c1-31(2)11-18(35)28-14(19(22)36)7-8-17(34)29-16(6-4-13(33)10-27-25)21(38)30-15(20(23)37)5-3-12(32)9-26-24/h9-10,14-16H,3-8,11H2,1-2H3,(H2,22,36)(H2,23,37)(H,28,35)(H,29,34)(H,30,38)/t14-,15-,16-/m0/s1. The van der Waals surface area contributed by atoms with Crippen molar-refractivity contribution in [1.82, 2.24) is 20.9 Å². The molecule has 0 saturated carbocycles. The van der Waals surface area contributed by atoms with Gasteiger partial charge in [-0.3, -0.25) is 33.6 Å². The molecule has 0 spiro atoms. The monoisotopic (exact) mass is 536 g/mol. The number of likely N-dealkylation sites (N-methyl/N-ethyl adjacent to an activating group) is 1. The highest BCUT2D eigenvalue weighted by Gasteiger charge is 2.28. The average molecular weight is 537 g/mol. The predicted octanol–water partition coefficient (Wildman–Crippen LogP) is -3.95. The zero-order valence-electron chi connectivity index (χ0n) is 21.1. The lowest BCUT2D eigenvalue weighted by molar-refractivity contribution is -0.132. The minimum Gasteiger partial charge on any atom is -0.368 e. The summed E-state index contributed by atoms with van der Waals surface area (Å²) in [5.41, 5.74) is 27.4. The molecule has 0 unspecified atom stereocenters. The molecule has 0 aromatic heterocycles. The molecule has 0 aromatic carbocycles. The molecular formula is C21H32N10O7. The van der Waals surface area contributed by atoms with Crippen molar-refractivity contribution in [2.24, 2.45) is 11.5 Å². The van der Waals surface area contributed by atoms with Crippen LogP contribution in [-0.4, -0.2) is 107 Å². The van der Waals surface area contributed by atoms with E-state index in [1.165, 1.54) is 0 Å². The number of hydrogen-bond donors (Lipinski definition) is 5. The maximum atomic E-state index is 12.8. The van der Waals surface area contributed by atoms with Crippen molar-refractivity contribution in [1.29, 1.82) is 0 Å². The van der Waals surface area contributed by atoms with Gasteiger partial charge in [0.15, 0.2) is 0 Å². The van der Waals surface area contributed by atoms with E-state index in [0.717, 1.165) is 0 Å². The zero-order chi connectivity index (χ0) is 29.3. The van der Waals surface area contributed by atoms with Crippen molar-refractivity contribution in [2.75, 3.05) is 20.6 Å². The Morgan fingerprint density at radius 1 is 0.711 bits per heavy atom. The van der Waals surface area contributed by atoms with E-state index in [1.54, 1.807) is 19.0 Å². The Balaban J connectivity index is 5.40. The second kappa shape index (κ2) is 17.8. The van der Waals surface area contributed by atoms with E-state index in [1.807, 2.05) is 0 Å². The quantitative estimate of drug-likeness (QED) is 0.0615. The van der Waals surface area contributed by atoms with E-state index < -0.39 is 59.2 Å². The number of nitrogens with zero attached hydrogens (tertiary/aromatic N) is 5. The SMILES string of the molecule is CN(C)CC(=O)N[C@@H](CCC(=O)N[C@@H](CCC(=O)C=[N+]=[N-])C(=O)N[C@@H](CCC(=O)C=[N+]=[N-])C(N)=O)C(N)=O. The van der Waals surface area contributed by atoms with Gasteiger partial charge in [-0.15, -0.1) is 0 Å². The molecule has 0 heterocycles. The van der Waals surface area contributed by atoms with E-state index in [4.69, 9.17) is 22.5 Å². The van der Waals surface area contributed by atoms with Gasteiger partial charge in [0.1, 0.15) is 18.1 Å². The number of rotatable bonds is 19. The minimum absolute atomic E-state index is 0.0250. The van der Waals surface area contributed by atoms with Gasteiger partial charge in [0.2, 0.25) is 41.1 Å². The third-order valence-corrected chi connectivity index (χ3v) is 4.87. The van der Waals surface area contributed by atoms with Gasteiger partial charge in [0.25, 0.3) is 0 Å². The number of nitrogens with two attached hydrogens (primary N) is 2. The van der Waals surface area contributed by atoms with Crippen molar-refractivity contribution < 1.29 is 43.1 Å². The predicted molar refractivity (Wildman–Crippen MR) is 130 cm³/mol. The summed E-state index contributed by atoms with van der Waals surface area (Å²) in [5, 5.41) is 7.05. The van der Waals surface area contributed by atoms with Crippen molar-refractivity contribution in [3.63, 3.8) is 0 Å². The van der Waals surface area contributed by atoms with Crippen LogP contribution in [0.3, 0.4) is 0 Å². The Bertz CT molecular complexity index is 1020. The Labute approximate surface area is 217 Å². The van der Waals surface area contributed by atoms with Crippen LogP contribution in [0.25, 0.3) is 11.1 Å². The van der Waals surface area contributed by atoms with Gasteiger partial charge >= 0.3 is 12.4 Å². The number of amides is 5. The van der Waals surface area contributed by atoms with E-state index in [9.17, 15) is 33.6 Å². The lowest BCUT2D eigenvalue weighted by atomic mass is 10.0.